The van der Waals surface area contributed by atoms with Crippen molar-refractivity contribution in [1.29, 1.82) is 0 Å². The van der Waals surface area contributed by atoms with Crippen molar-refractivity contribution in [1.82, 2.24) is 4.98 Å². The first-order chi connectivity index (χ1) is 7.52. The second-order valence-electron chi connectivity index (χ2n) is 3.94. The molecule has 1 saturated heterocycles. The van der Waals surface area contributed by atoms with Gasteiger partial charge in [0.15, 0.2) is 15.0 Å². The van der Waals surface area contributed by atoms with E-state index in [0.717, 1.165) is 10.0 Å². The smallest absolute Gasteiger partial charge is 0.185 e. The van der Waals surface area contributed by atoms with Crippen molar-refractivity contribution in [3.63, 3.8) is 0 Å². The fourth-order valence-electron chi connectivity index (χ4n) is 1.77. The van der Waals surface area contributed by atoms with Gasteiger partial charge in [-0.15, -0.1) is 0 Å². The SMILES string of the molecule is CN(c1ncc(CO)s1)C1CCS(=O)(=O)C1. The second-order valence-corrected chi connectivity index (χ2v) is 7.26. The zero-order valence-corrected chi connectivity index (χ0v) is 10.6. The second kappa shape index (κ2) is 4.31. The van der Waals surface area contributed by atoms with Crippen LogP contribution in [0.25, 0.3) is 0 Å². The topological polar surface area (TPSA) is 70.5 Å². The average Bonchev–Trinajstić information content (AvgIpc) is 2.83. The maximum Gasteiger partial charge on any atom is 0.185 e. The molecule has 1 N–H and O–H groups in total. The highest BCUT2D eigenvalue weighted by atomic mass is 32.2. The molecule has 0 amide bonds. The molecule has 1 aromatic rings. The number of aliphatic hydroxyl groups excluding tert-OH is 1. The molecule has 0 saturated carbocycles. The summed E-state index contributed by atoms with van der Waals surface area (Å²) >= 11 is 1.40. The predicted molar refractivity (Wildman–Crippen MR) is 63.5 cm³/mol. The van der Waals surface area contributed by atoms with E-state index in [9.17, 15) is 8.42 Å². The Labute approximate surface area is 98.7 Å². The molecule has 0 radical (unpaired) electrons. The number of sulfone groups is 1. The van der Waals surface area contributed by atoms with Gasteiger partial charge < -0.3 is 10.0 Å². The summed E-state index contributed by atoms with van der Waals surface area (Å²) < 4.78 is 22.7. The Kier molecular flexibility index (Phi) is 3.18. The van der Waals surface area contributed by atoms with E-state index in [2.05, 4.69) is 4.98 Å². The number of hydrogen-bond donors (Lipinski definition) is 1. The van der Waals surface area contributed by atoms with Crippen molar-refractivity contribution < 1.29 is 13.5 Å². The highest BCUT2D eigenvalue weighted by Gasteiger charge is 2.31. The molecule has 90 valence electrons. The Morgan fingerprint density at radius 2 is 2.44 bits per heavy atom. The Hall–Kier alpha value is -0.660. The normalized spacial score (nSPS) is 23.5. The van der Waals surface area contributed by atoms with Crippen LogP contribution in [0.15, 0.2) is 6.20 Å². The van der Waals surface area contributed by atoms with Crippen LogP contribution in [0.1, 0.15) is 11.3 Å². The molecule has 1 atom stereocenters. The van der Waals surface area contributed by atoms with E-state index in [1.54, 1.807) is 6.20 Å². The van der Waals surface area contributed by atoms with E-state index in [0.29, 0.717) is 6.42 Å². The zero-order valence-electron chi connectivity index (χ0n) is 8.96. The molecule has 1 fully saturated rings. The van der Waals surface area contributed by atoms with Crippen LogP contribution in [-0.2, 0) is 16.4 Å². The summed E-state index contributed by atoms with van der Waals surface area (Å²) in [4.78, 5) is 6.86. The van der Waals surface area contributed by atoms with Crippen molar-refractivity contribution in [2.24, 2.45) is 0 Å². The van der Waals surface area contributed by atoms with E-state index in [-0.39, 0.29) is 24.2 Å². The number of thiazole rings is 1. The lowest BCUT2D eigenvalue weighted by Crippen LogP contribution is -2.32. The molecule has 1 aliphatic heterocycles. The Bertz CT molecular complexity index is 469. The van der Waals surface area contributed by atoms with Crippen molar-refractivity contribution in [3.05, 3.63) is 11.1 Å². The largest absolute Gasteiger partial charge is 0.391 e. The molecule has 7 heteroatoms. The molecule has 1 aromatic heterocycles. The van der Waals surface area contributed by atoms with Crippen LogP contribution < -0.4 is 4.90 Å². The molecule has 1 unspecified atom stereocenters. The molecule has 0 aromatic carbocycles. The van der Waals surface area contributed by atoms with Gasteiger partial charge in [-0.2, -0.15) is 0 Å². The summed E-state index contributed by atoms with van der Waals surface area (Å²) in [5, 5.41) is 9.71. The van der Waals surface area contributed by atoms with E-state index in [1.165, 1.54) is 11.3 Å². The Morgan fingerprint density at radius 3 is 2.94 bits per heavy atom. The molecule has 0 bridgehead atoms. The molecule has 0 spiro atoms. The summed E-state index contributed by atoms with van der Waals surface area (Å²) in [5.41, 5.74) is 0. The van der Waals surface area contributed by atoms with Gasteiger partial charge in [0.05, 0.1) is 23.0 Å². The molecule has 5 nitrogen and oxygen atoms in total. The number of aromatic nitrogens is 1. The zero-order chi connectivity index (χ0) is 11.8. The molecule has 0 aliphatic carbocycles. The summed E-state index contributed by atoms with van der Waals surface area (Å²) in [6, 6.07) is 0.0164. The van der Waals surface area contributed by atoms with Gasteiger partial charge in [-0.3, -0.25) is 0 Å². The van der Waals surface area contributed by atoms with E-state index in [1.807, 2.05) is 11.9 Å². The summed E-state index contributed by atoms with van der Waals surface area (Å²) in [6.45, 7) is -0.0194. The molecule has 2 heterocycles. The fourth-order valence-corrected chi connectivity index (χ4v) is 4.35. The minimum absolute atomic E-state index is 0.0164. The summed E-state index contributed by atoms with van der Waals surface area (Å²) in [6.07, 6.45) is 2.28. The maximum absolute atomic E-state index is 11.4. The van der Waals surface area contributed by atoms with Crippen LogP contribution in [0.3, 0.4) is 0 Å². The highest BCUT2D eigenvalue weighted by Crippen LogP contribution is 2.26. The quantitative estimate of drug-likeness (QED) is 0.846. The van der Waals surface area contributed by atoms with Gasteiger partial charge in [-0.25, -0.2) is 13.4 Å². The van der Waals surface area contributed by atoms with Gasteiger partial charge >= 0.3 is 0 Å². The monoisotopic (exact) mass is 262 g/mol. The first kappa shape index (κ1) is 11.8. The lowest BCUT2D eigenvalue weighted by atomic mass is 10.2. The average molecular weight is 262 g/mol. The minimum Gasteiger partial charge on any atom is -0.391 e. The van der Waals surface area contributed by atoms with Crippen LogP contribution in [0, 0.1) is 0 Å². The number of rotatable bonds is 3. The number of hydrogen-bond acceptors (Lipinski definition) is 6. The van der Waals surface area contributed by atoms with Crippen LogP contribution in [0.5, 0.6) is 0 Å². The van der Waals surface area contributed by atoms with E-state index < -0.39 is 9.84 Å². The number of aliphatic hydroxyl groups is 1. The van der Waals surface area contributed by atoms with E-state index >= 15 is 0 Å². The third kappa shape index (κ3) is 2.36. The number of nitrogens with zero attached hydrogens (tertiary/aromatic N) is 2. The maximum atomic E-state index is 11.4. The highest BCUT2D eigenvalue weighted by molar-refractivity contribution is 7.91. The van der Waals surface area contributed by atoms with E-state index in [4.69, 9.17) is 5.11 Å². The fraction of sp³-hybridized carbons (Fsp3) is 0.667. The predicted octanol–water partition coefficient (Wildman–Crippen LogP) is 0.259. The van der Waals surface area contributed by atoms with Crippen LogP contribution in [-0.4, -0.2) is 43.1 Å². The molecule has 2 rings (SSSR count). The first-order valence-electron chi connectivity index (χ1n) is 5.00. The summed E-state index contributed by atoms with van der Waals surface area (Å²) in [5.74, 6) is 0.470. The number of anilines is 1. The van der Waals surface area contributed by atoms with Gasteiger partial charge in [-0.1, -0.05) is 11.3 Å². The van der Waals surface area contributed by atoms with Crippen LogP contribution in [0.2, 0.25) is 0 Å². The van der Waals surface area contributed by atoms with Crippen LogP contribution >= 0.6 is 11.3 Å². The third-order valence-corrected chi connectivity index (χ3v) is 5.58. The van der Waals surface area contributed by atoms with Crippen molar-refractivity contribution in [2.45, 2.75) is 19.1 Å². The van der Waals surface area contributed by atoms with Gasteiger partial charge in [0, 0.05) is 19.3 Å². The van der Waals surface area contributed by atoms with Crippen molar-refractivity contribution in [3.8, 4) is 0 Å². The lowest BCUT2D eigenvalue weighted by molar-refractivity contribution is 0.285. The molecular formula is C9H14N2O3S2. The van der Waals surface area contributed by atoms with Gasteiger partial charge in [0.2, 0.25) is 0 Å². The van der Waals surface area contributed by atoms with Gasteiger partial charge in [0.25, 0.3) is 0 Å². The minimum atomic E-state index is -2.86. The Balaban J connectivity index is 2.11. The van der Waals surface area contributed by atoms with Crippen molar-refractivity contribution >= 4 is 26.3 Å². The Morgan fingerprint density at radius 1 is 1.69 bits per heavy atom. The standard InChI is InChI=1S/C9H14N2O3S2/c1-11(7-2-3-16(13,14)6-7)9-10-4-8(5-12)15-9/h4,7,12H,2-3,5-6H2,1H3. The van der Waals surface area contributed by atoms with Gasteiger partial charge in [-0.05, 0) is 6.42 Å². The van der Waals surface area contributed by atoms with Crippen LogP contribution in [0.4, 0.5) is 5.13 Å². The lowest BCUT2D eigenvalue weighted by Gasteiger charge is -2.22. The molecule has 1 aliphatic rings. The first-order valence-corrected chi connectivity index (χ1v) is 7.64. The van der Waals surface area contributed by atoms with Crippen molar-refractivity contribution in [2.75, 3.05) is 23.5 Å². The molecular weight excluding hydrogens is 248 g/mol. The summed E-state index contributed by atoms with van der Waals surface area (Å²) in [7, 11) is -1.01. The third-order valence-electron chi connectivity index (χ3n) is 2.76. The van der Waals surface area contributed by atoms with Gasteiger partial charge in [0.1, 0.15) is 0 Å². The molecule has 16 heavy (non-hydrogen) atoms.